The number of aromatic nitrogens is 3. The van der Waals surface area contributed by atoms with E-state index in [0.29, 0.717) is 28.9 Å². The molecule has 4 heterocycles. The highest BCUT2D eigenvalue weighted by molar-refractivity contribution is 5.89. The van der Waals surface area contributed by atoms with Crippen LogP contribution in [0, 0.1) is 5.92 Å². The molecule has 3 aromatic rings. The molecule has 28 heavy (non-hydrogen) atoms. The zero-order valence-corrected chi connectivity index (χ0v) is 15.1. The number of hydrogen-bond donors (Lipinski definition) is 2. The van der Waals surface area contributed by atoms with Crippen LogP contribution < -0.4 is 5.32 Å². The summed E-state index contributed by atoms with van der Waals surface area (Å²) in [6.45, 7) is 4.10. The standard InChI is InChI=1S/C22H19FN4O/c1-12(16-8-15-2-3-18(27-15)22(16)23)19-10-26-20(11-25-19)17-6-13-4-5-24-9-14(13)7-21(17)28/h2-7,9-11,15-16,18,22,27-28H,1,8H2/t15-,16+,18+,22+/m0/s1. The Kier molecular flexibility index (Phi) is 3.94. The summed E-state index contributed by atoms with van der Waals surface area (Å²) in [5.74, 6) is -0.167. The average Bonchev–Trinajstić information content (AvgIpc) is 3.13. The number of phenolic OH excluding ortho intramolecular Hbond substituents is 1. The molecule has 5 rings (SSSR count). The lowest BCUT2D eigenvalue weighted by atomic mass is 9.83. The van der Waals surface area contributed by atoms with E-state index in [1.54, 1.807) is 30.9 Å². The first-order valence-electron chi connectivity index (χ1n) is 9.27. The van der Waals surface area contributed by atoms with Crippen LogP contribution in [0.3, 0.4) is 0 Å². The molecule has 2 aromatic heterocycles. The van der Waals surface area contributed by atoms with Gasteiger partial charge in [-0.25, -0.2) is 4.39 Å². The quantitative estimate of drug-likeness (QED) is 0.685. The third-order valence-electron chi connectivity index (χ3n) is 5.65. The summed E-state index contributed by atoms with van der Waals surface area (Å²) in [5.41, 5.74) is 2.40. The molecular weight excluding hydrogens is 355 g/mol. The molecule has 140 valence electrons. The van der Waals surface area contributed by atoms with E-state index >= 15 is 0 Å². The number of pyridine rings is 1. The number of piperidine rings is 1. The predicted octanol–water partition coefficient (Wildman–Crippen LogP) is 3.67. The monoisotopic (exact) mass is 374 g/mol. The fourth-order valence-electron chi connectivity index (χ4n) is 4.10. The van der Waals surface area contributed by atoms with Crippen LogP contribution in [0.1, 0.15) is 12.1 Å². The highest BCUT2D eigenvalue weighted by Crippen LogP contribution is 2.37. The van der Waals surface area contributed by atoms with Crippen molar-refractivity contribution in [3.05, 3.63) is 67.4 Å². The van der Waals surface area contributed by atoms with Gasteiger partial charge in [0.05, 0.1) is 29.8 Å². The molecule has 4 atom stereocenters. The summed E-state index contributed by atoms with van der Waals surface area (Å²) >= 11 is 0. The third-order valence-corrected chi connectivity index (χ3v) is 5.65. The minimum atomic E-state index is -1.03. The Morgan fingerprint density at radius 1 is 1.14 bits per heavy atom. The Bertz CT molecular complexity index is 1100. The summed E-state index contributed by atoms with van der Waals surface area (Å²) in [5, 5.41) is 15.4. The summed E-state index contributed by atoms with van der Waals surface area (Å²) in [6.07, 6.45) is 10.2. The van der Waals surface area contributed by atoms with Crippen LogP contribution >= 0.6 is 0 Å². The number of alkyl halides is 1. The molecule has 0 amide bonds. The second-order valence-electron chi connectivity index (χ2n) is 7.37. The highest BCUT2D eigenvalue weighted by Gasteiger charge is 2.40. The van der Waals surface area contributed by atoms with Gasteiger partial charge in [0, 0.05) is 35.3 Å². The van der Waals surface area contributed by atoms with Crippen molar-refractivity contribution in [1.82, 2.24) is 20.3 Å². The molecule has 1 fully saturated rings. The van der Waals surface area contributed by atoms with Crippen molar-refractivity contribution < 1.29 is 9.50 Å². The average molecular weight is 374 g/mol. The molecule has 2 aliphatic heterocycles. The number of allylic oxidation sites excluding steroid dienone is 1. The Morgan fingerprint density at radius 3 is 2.86 bits per heavy atom. The van der Waals surface area contributed by atoms with Gasteiger partial charge in [-0.1, -0.05) is 18.7 Å². The normalized spacial score (nSPS) is 25.9. The van der Waals surface area contributed by atoms with Gasteiger partial charge in [-0.15, -0.1) is 0 Å². The van der Waals surface area contributed by atoms with E-state index in [4.69, 9.17) is 0 Å². The minimum Gasteiger partial charge on any atom is -0.507 e. The van der Waals surface area contributed by atoms with Crippen molar-refractivity contribution in [2.75, 3.05) is 0 Å². The summed E-state index contributed by atoms with van der Waals surface area (Å²) < 4.78 is 14.8. The first kappa shape index (κ1) is 17.0. The van der Waals surface area contributed by atoms with E-state index in [2.05, 4.69) is 26.8 Å². The van der Waals surface area contributed by atoms with Crippen molar-refractivity contribution in [2.45, 2.75) is 24.7 Å². The minimum absolute atomic E-state index is 0.117. The van der Waals surface area contributed by atoms with Crippen molar-refractivity contribution in [3.8, 4) is 17.0 Å². The Hall–Kier alpha value is -3.12. The maximum absolute atomic E-state index is 14.8. The second kappa shape index (κ2) is 6.49. The Morgan fingerprint density at radius 2 is 2.04 bits per heavy atom. The fraction of sp³-hybridized carbons (Fsp3) is 0.227. The first-order chi connectivity index (χ1) is 13.6. The smallest absolute Gasteiger partial charge is 0.126 e. The van der Waals surface area contributed by atoms with Gasteiger partial charge in [-0.2, -0.15) is 0 Å². The number of fused-ring (bicyclic) bond motifs is 3. The van der Waals surface area contributed by atoms with Crippen molar-refractivity contribution in [2.24, 2.45) is 5.92 Å². The summed E-state index contributed by atoms with van der Waals surface area (Å²) in [6, 6.07) is 5.34. The van der Waals surface area contributed by atoms with Crippen LogP contribution in [0.25, 0.3) is 27.6 Å². The first-order valence-corrected chi connectivity index (χ1v) is 9.27. The number of rotatable bonds is 3. The Labute approximate surface area is 161 Å². The molecule has 6 heteroatoms. The second-order valence-corrected chi connectivity index (χ2v) is 7.37. The van der Waals surface area contributed by atoms with Crippen molar-refractivity contribution in [1.29, 1.82) is 0 Å². The number of nitrogens with one attached hydrogen (secondary N) is 1. The Balaban J connectivity index is 1.43. The van der Waals surface area contributed by atoms with Gasteiger partial charge >= 0.3 is 0 Å². The van der Waals surface area contributed by atoms with Crippen molar-refractivity contribution in [3.63, 3.8) is 0 Å². The van der Waals surface area contributed by atoms with Gasteiger partial charge in [0.2, 0.25) is 0 Å². The number of halogens is 1. The topological polar surface area (TPSA) is 70.9 Å². The summed E-state index contributed by atoms with van der Waals surface area (Å²) in [7, 11) is 0. The number of hydrogen-bond acceptors (Lipinski definition) is 5. The van der Waals surface area contributed by atoms with Gasteiger partial charge in [-0.05, 0) is 35.6 Å². The van der Waals surface area contributed by atoms with E-state index < -0.39 is 6.17 Å². The van der Waals surface area contributed by atoms with Crippen LogP contribution in [0.2, 0.25) is 0 Å². The van der Waals surface area contributed by atoms with Crippen LogP contribution in [-0.4, -0.2) is 38.3 Å². The zero-order valence-electron chi connectivity index (χ0n) is 15.1. The van der Waals surface area contributed by atoms with E-state index in [9.17, 15) is 9.50 Å². The SMILES string of the molecule is C=C(c1cnc(-c2cc3ccncc3cc2O)cn1)[C@H]1C[C@@H]2C=C[C@@H](N2)[C@@H]1F. The molecule has 0 spiro atoms. The number of phenols is 1. The number of aromatic hydroxyl groups is 1. The van der Waals surface area contributed by atoms with Crippen LogP contribution in [0.4, 0.5) is 4.39 Å². The lowest BCUT2D eigenvalue weighted by Crippen LogP contribution is -2.47. The molecule has 1 saturated heterocycles. The van der Waals surface area contributed by atoms with E-state index in [-0.39, 0.29) is 23.8 Å². The molecule has 0 saturated carbocycles. The van der Waals surface area contributed by atoms with Crippen LogP contribution in [0.5, 0.6) is 5.75 Å². The number of nitrogens with zero attached hydrogens (tertiary/aromatic N) is 3. The molecule has 0 radical (unpaired) electrons. The highest BCUT2D eigenvalue weighted by atomic mass is 19.1. The van der Waals surface area contributed by atoms with Crippen LogP contribution in [-0.2, 0) is 0 Å². The maximum Gasteiger partial charge on any atom is 0.126 e. The predicted molar refractivity (Wildman–Crippen MR) is 106 cm³/mol. The molecule has 2 N–H and O–H groups in total. The fourth-order valence-corrected chi connectivity index (χ4v) is 4.10. The van der Waals surface area contributed by atoms with E-state index in [0.717, 1.165) is 10.8 Å². The van der Waals surface area contributed by atoms with Gasteiger partial charge in [0.1, 0.15) is 11.9 Å². The molecular formula is C22H19FN4O. The summed E-state index contributed by atoms with van der Waals surface area (Å²) in [4.78, 5) is 13.0. The lowest BCUT2D eigenvalue weighted by Gasteiger charge is -2.33. The lowest BCUT2D eigenvalue weighted by molar-refractivity contribution is 0.179. The van der Waals surface area contributed by atoms with Crippen molar-refractivity contribution >= 4 is 16.3 Å². The largest absolute Gasteiger partial charge is 0.507 e. The van der Waals surface area contributed by atoms with E-state index in [1.807, 2.05) is 24.3 Å². The van der Waals surface area contributed by atoms with Gasteiger partial charge in [-0.3, -0.25) is 15.0 Å². The van der Waals surface area contributed by atoms with E-state index in [1.165, 1.54) is 0 Å². The van der Waals surface area contributed by atoms with Gasteiger partial charge in [0.15, 0.2) is 0 Å². The van der Waals surface area contributed by atoms with Gasteiger partial charge < -0.3 is 10.4 Å². The molecule has 2 aliphatic rings. The van der Waals surface area contributed by atoms with Gasteiger partial charge in [0.25, 0.3) is 0 Å². The number of benzene rings is 1. The zero-order chi connectivity index (χ0) is 19.3. The molecule has 5 nitrogen and oxygen atoms in total. The maximum atomic E-state index is 14.8. The molecule has 0 unspecified atom stereocenters. The molecule has 1 aromatic carbocycles. The van der Waals surface area contributed by atoms with Crippen LogP contribution in [0.15, 0.2) is 61.7 Å². The molecule has 0 aliphatic carbocycles. The molecule has 2 bridgehead atoms. The third kappa shape index (κ3) is 2.77.